The van der Waals surface area contributed by atoms with Crippen LogP contribution in [0, 0.1) is 12.8 Å². The number of rotatable bonds is 8. The fourth-order valence-corrected chi connectivity index (χ4v) is 2.14. The van der Waals surface area contributed by atoms with Crippen LogP contribution in [0.25, 0.3) is 0 Å². The third-order valence-electron chi connectivity index (χ3n) is 3.44. The summed E-state index contributed by atoms with van der Waals surface area (Å²) < 4.78 is 11.2. The number of hydrogen-bond acceptors (Lipinski definition) is 3. The van der Waals surface area contributed by atoms with Crippen molar-refractivity contribution >= 4 is 11.6 Å². The van der Waals surface area contributed by atoms with Crippen molar-refractivity contribution in [3.63, 3.8) is 0 Å². The maximum atomic E-state index is 12.0. The number of nitrogens with one attached hydrogen (secondary N) is 1. The van der Waals surface area contributed by atoms with Crippen molar-refractivity contribution in [2.75, 3.05) is 18.5 Å². The number of carbonyl (C=O) groups excluding carboxylic acids is 1. The molecular weight excluding hydrogens is 302 g/mol. The van der Waals surface area contributed by atoms with Crippen LogP contribution in [0.15, 0.2) is 48.5 Å². The van der Waals surface area contributed by atoms with Crippen LogP contribution in [0.5, 0.6) is 11.5 Å². The second-order valence-electron chi connectivity index (χ2n) is 6.21. The maximum Gasteiger partial charge on any atom is 0.262 e. The van der Waals surface area contributed by atoms with Gasteiger partial charge in [0.15, 0.2) is 6.61 Å². The summed E-state index contributed by atoms with van der Waals surface area (Å²) in [6.45, 7) is 6.95. The van der Waals surface area contributed by atoms with Crippen molar-refractivity contribution in [3.05, 3.63) is 54.1 Å². The minimum atomic E-state index is -0.188. The molecule has 0 heterocycles. The highest BCUT2D eigenvalue weighted by molar-refractivity contribution is 5.91. The average Bonchev–Trinajstić information content (AvgIpc) is 2.53. The van der Waals surface area contributed by atoms with Crippen molar-refractivity contribution in [2.24, 2.45) is 5.92 Å². The SMILES string of the molecule is Cc1cccc(NC(=O)COc2cccc(OCCC(C)C)c2)c1. The quantitative estimate of drug-likeness (QED) is 0.780. The highest BCUT2D eigenvalue weighted by Crippen LogP contribution is 2.20. The van der Waals surface area contributed by atoms with E-state index >= 15 is 0 Å². The van der Waals surface area contributed by atoms with Crippen LogP contribution in [0.3, 0.4) is 0 Å². The largest absolute Gasteiger partial charge is 0.493 e. The van der Waals surface area contributed by atoms with Gasteiger partial charge >= 0.3 is 0 Å². The molecule has 0 aliphatic rings. The second kappa shape index (κ2) is 8.96. The van der Waals surface area contributed by atoms with E-state index < -0.39 is 0 Å². The third-order valence-corrected chi connectivity index (χ3v) is 3.44. The molecule has 1 N–H and O–H groups in total. The van der Waals surface area contributed by atoms with Crippen molar-refractivity contribution in [1.29, 1.82) is 0 Å². The Morgan fingerprint density at radius 1 is 1.04 bits per heavy atom. The molecule has 128 valence electrons. The maximum absolute atomic E-state index is 12.0. The van der Waals surface area contributed by atoms with Crippen LogP contribution in [0.1, 0.15) is 25.8 Å². The van der Waals surface area contributed by atoms with Gasteiger partial charge in [0.05, 0.1) is 6.61 Å². The predicted octanol–water partition coefficient (Wildman–Crippen LogP) is 4.44. The van der Waals surface area contributed by atoms with Gasteiger partial charge in [-0.05, 0) is 49.1 Å². The Morgan fingerprint density at radius 2 is 1.75 bits per heavy atom. The summed E-state index contributed by atoms with van der Waals surface area (Å²) in [5.41, 5.74) is 1.87. The topological polar surface area (TPSA) is 47.6 Å². The third kappa shape index (κ3) is 6.32. The Morgan fingerprint density at radius 3 is 2.46 bits per heavy atom. The first-order valence-corrected chi connectivity index (χ1v) is 8.25. The van der Waals surface area contributed by atoms with Gasteiger partial charge in [-0.2, -0.15) is 0 Å². The van der Waals surface area contributed by atoms with Crippen molar-refractivity contribution < 1.29 is 14.3 Å². The van der Waals surface area contributed by atoms with Crippen LogP contribution in [-0.4, -0.2) is 19.1 Å². The predicted molar refractivity (Wildman–Crippen MR) is 96.7 cm³/mol. The molecule has 0 saturated heterocycles. The highest BCUT2D eigenvalue weighted by atomic mass is 16.5. The minimum absolute atomic E-state index is 0.0383. The Kier molecular flexibility index (Phi) is 6.67. The lowest BCUT2D eigenvalue weighted by Crippen LogP contribution is -2.20. The highest BCUT2D eigenvalue weighted by Gasteiger charge is 2.05. The smallest absolute Gasteiger partial charge is 0.262 e. The molecule has 2 rings (SSSR count). The van der Waals surface area contributed by atoms with E-state index in [-0.39, 0.29) is 12.5 Å². The number of aryl methyl sites for hydroxylation is 1. The molecule has 0 radical (unpaired) electrons. The van der Waals surface area contributed by atoms with E-state index in [9.17, 15) is 4.79 Å². The molecule has 2 aromatic carbocycles. The van der Waals surface area contributed by atoms with E-state index in [2.05, 4.69) is 19.2 Å². The average molecular weight is 327 g/mol. The van der Waals surface area contributed by atoms with Crippen molar-refractivity contribution in [1.82, 2.24) is 0 Å². The van der Waals surface area contributed by atoms with Crippen LogP contribution >= 0.6 is 0 Å². The van der Waals surface area contributed by atoms with Gasteiger partial charge in [0.25, 0.3) is 5.91 Å². The monoisotopic (exact) mass is 327 g/mol. The summed E-state index contributed by atoms with van der Waals surface area (Å²) in [4.78, 5) is 12.0. The van der Waals surface area contributed by atoms with Crippen LogP contribution in [-0.2, 0) is 4.79 Å². The number of hydrogen-bond donors (Lipinski definition) is 1. The molecule has 24 heavy (non-hydrogen) atoms. The first-order valence-electron chi connectivity index (χ1n) is 8.25. The van der Waals surface area contributed by atoms with Gasteiger partial charge < -0.3 is 14.8 Å². The zero-order chi connectivity index (χ0) is 17.4. The summed E-state index contributed by atoms with van der Waals surface area (Å²) in [5.74, 6) is 1.80. The van der Waals surface area contributed by atoms with Gasteiger partial charge in [0.2, 0.25) is 0 Å². The molecule has 0 unspecified atom stereocenters. The molecule has 0 saturated carbocycles. The minimum Gasteiger partial charge on any atom is -0.493 e. The normalized spacial score (nSPS) is 10.5. The lowest BCUT2D eigenvalue weighted by Gasteiger charge is -2.11. The first-order chi connectivity index (χ1) is 11.5. The van der Waals surface area contributed by atoms with Gasteiger partial charge in [0.1, 0.15) is 11.5 Å². The zero-order valence-corrected chi connectivity index (χ0v) is 14.5. The Hall–Kier alpha value is -2.49. The summed E-state index contributed by atoms with van der Waals surface area (Å²) in [6.07, 6.45) is 1.00. The Labute approximate surface area is 143 Å². The number of amides is 1. The van der Waals surface area contributed by atoms with Gasteiger partial charge in [-0.15, -0.1) is 0 Å². The molecule has 0 fully saturated rings. The van der Waals surface area contributed by atoms with E-state index in [0.717, 1.165) is 23.4 Å². The molecule has 4 heteroatoms. The van der Waals surface area contributed by atoms with E-state index in [4.69, 9.17) is 9.47 Å². The molecule has 0 bridgehead atoms. The lowest BCUT2D eigenvalue weighted by atomic mass is 10.1. The molecular formula is C20H25NO3. The van der Waals surface area contributed by atoms with Crippen molar-refractivity contribution in [3.8, 4) is 11.5 Å². The summed E-state index contributed by atoms with van der Waals surface area (Å²) in [5, 5.41) is 2.82. The molecule has 0 aromatic heterocycles. The summed E-state index contributed by atoms with van der Waals surface area (Å²) in [6, 6.07) is 15.0. The molecule has 1 amide bonds. The zero-order valence-electron chi connectivity index (χ0n) is 14.5. The van der Waals surface area contributed by atoms with E-state index in [1.165, 1.54) is 0 Å². The van der Waals surface area contributed by atoms with Gasteiger partial charge in [-0.3, -0.25) is 4.79 Å². The number of ether oxygens (including phenoxy) is 2. The van der Waals surface area contributed by atoms with Crippen molar-refractivity contribution in [2.45, 2.75) is 27.2 Å². The number of carbonyl (C=O) groups is 1. The standard InChI is InChI=1S/C20H25NO3/c1-15(2)10-11-23-18-8-5-9-19(13-18)24-14-20(22)21-17-7-4-6-16(3)12-17/h4-9,12-13,15H,10-11,14H2,1-3H3,(H,21,22). The number of benzene rings is 2. The van der Waals surface area contributed by atoms with E-state index in [0.29, 0.717) is 18.3 Å². The van der Waals surface area contributed by atoms with Gasteiger partial charge in [0, 0.05) is 11.8 Å². The van der Waals surface area contributed by atoms with Crippen LogP contribution in [0.4, 0.5) is 5.69 Å². The fourth-order valence-electron chi connectivity index (χ4n) is 2.14. The molecule has 0 spiro atoms. The molecule has 2 aromatic rings. The van der Waals surface area contributed by atoms with E-state index in [1.807, 2.05) is 49.4 Å². The molecule has 0 atom stereocenters. The molecule has 4 nitrogen and oxygen atoms in total. The molecule has 0 aliphatic heterocycles. The first kappa shape index (κ1) is 17.9. The second-order valence-corrected chi connectivity index (χ2v) is 6.21. The van der Waals surface area contributed by atoms with Crippen LogP contribution < -0.4 is 14.8 Å². The molecule has 0 aliphatic carbocycles. The van der Waals surface area contributed by atoms with Gasteiger partial charge in [-0.1, -0.05) is 32.0 Å². The van der Waals surface area contributed by atoms with Gasteiger partial charge in [-0.25, -0.2) is 0 Å². The summed E-state index contributed by atoms with van der Waals surface area (Å²) in [7, 11) is 0. The fraction of sp³-hybridized carbons (Fsp3) is 0.350. The van der Waals surface area contributed by atoms with E-state index in [1.54, 1.807) is 6.07 Å². The number of anilines is 1. The Bertz CT molecular complexity index is 667. The Balaban J connectivity index is 1.81. The summed E-state index contributed by atoms with van der Waals surface area (Å²) >= 11 is 0. The van der Waals surface area contributed by atoms with Crippen LogP contribution in [0.2, 0.25) is 0 Å². The lowest BCUT2D eigenvalue weighted by molar-refractivity contribution is -0.118.